The van der Waals surface area contributed by atoms with E-state index in [0.717, 1.165) is 17.5 Å². The zero-order valence-corrected chi connectivity index (χ0v) is 21.9. The van der Waals surface area contributed by atoms with Crippen molar-refractivity contribution in [1.29, 1.82) is 0 Å². The number of rotatable bonds is 7. The van der Waals surface area contributed by atoms with Gasteiger partial charge in [-0.25, -0.2) is 9.18 Å². The van der Waals surface area contributed by atoms with E-state index in [1.54, 1.807) is 45.0 Å². The third-order valence-electron chi connectivity index (χ3n) is 6.20. The van der Waals surface area contributed by atoms with Crippen LogP contribution in [0.15, 0.2) is 90.8 Å². The van der Waals surface area contributed by atoms with E-state index in [-0.39, 0.29) is 30.7 Å². The number of carbonyl (C=O) groups is 2. The number of alkyl carbamates (subject to hydrolysis) is 1. The third kappa shape index (κ3) is 6.79. The lowest BCUT2D eigenvalue weighted by Gasteiger charge is -2.38. The number of ether oxygens (including phenoxy) is 2. The van der Waals surface area contributed by atoms with Crippen LogP contribution in [0.4, 0.5) is 9.18 Å². The average molecular weight is 517 g/mol. The van der Waals surface area contributed by atoms with E-state index in [4.69, 9.17) is 9.47 Å². The van der Waals surface area contributed by atoms with Crippen molar-refractivity contribution in [2.75, 3.05) is 19.7 Å². The van der Waals surface area contributed by atoms with E-state index < -0.39 is 11.7 Å². The van der Waals surface area contributed by atoms with Crippen LogP contribution in [-0.4, -0.2) is 42.2 Å². The quantitative estimate of drug-likeness (QED) is 0.404. The normalized spacial score (nSPS) is 15.4. The van der Waals surface area contributed by atoms with Gasteiger partial charge in [0.05, 0.1) is 12.4 Å². The number of hydrogen-bond donors (Lipinski definition) is 1. The average Bonchev–Trinajstić information content (AvgIpc) is 2.92. The molecule has 0 spiro atoms. The standard InChI is InChI=1S/C31H33FN2O4/c1-31(2,3)38-30(36)33-20-22(19-32)21-37-26-15-13-25(14-16-26)29(35)34-18-17-23-9-7-8-12-27(23)28(34)24-10-5-4-6-11-24/h4-16,19,28H,17-18,20-21H2,1-3H3,(H,33,36)/b22-19-/t28-/m0/s1. The first-order valence-corrected chi connectivity index (χ1v) is 12.7. The zero-order chi connectivity index (χ0) is 27.1. The monoisotopic (exact) mass is 516 g/mol. The molecule has 0 radical (unpaired) electrons. The number of benzene rings is 3. The molecule has 0 saturated carbocycles. The van der Waals surface area contributed by atoms with Crippen LogP contribution in [-0.2, 0) is 11.2 Å². The van der Waals surface area contributed by atoms with Gasteiger partial charge in [-0.1, -0.05) is 54.6 Å². The van der Waals surface area contributed by atoms with Gasteiger partial charge in [-0.3, -0.25) is 4.79 Å². The fourth-order valence-electron chi connectivity index (χ4n) is 4.44. The first kappa shape index (κ1) is 26.9. The molecule has 7 heteroatoms. The summed E-state index contributed by atoms with van der Waals surface area (Å²) in [6.45, 7) is 5.77. The van der Waals surface area contributed by atoms with E-state index in [1.807, 2.05) is 35.2 Å². The number of hydrogen-bond acceptors (Lipinski definition) is 4. The van der Waals surface area contributed by atoms with Crippen molar-refractivity contribution in [3.63, 3.8) is 0 Å². The molecule has 1 heterocycles. The van der Waals surface area contributed by atoms with Gasteiger partial charge in [-0.05, 0) is 68.1 Å². The van der Waals surface area contributed by atoms with Crippen LogP contribution in [0.1, 0.15) is 53.9 Å². The molecule has 1 aliphatic heterocycles. The summed E-state index contributed by atoms with van der Waals surface area (Å²) in [7, 11) is 0. The second-order valence-electron chi connectivity index (χ2n) is 10.2. The first-order valence-electron chi connectivity index (χ1n) is 12.7. The maximum absolute atomic E-state index is 13.6. The van der Waals surface area contributed by atoms with Gasteiger partial charge in [0, 0.05) is 24.2 Å². The van der Waals surface area contributed by atoms with Gasteiger partial charge in [-0.2, -0.15) is 0 Å². The zero-order valence-electron chi connectivity index (χ0n) is 21.9. The summed E-state index contributed by atoms with van der Waals surface area (Å²) in [4.78, 5) is 27.4. The third-order valence-corrected chi connectivity index (χ3v) is 6.20. The second kappa shape index (κ2) is 11.9. The molecular weight excluding hydrogens is 483 g/mol. The van der Waals surface area contributed by atoms with Crippen molar-refractivity contribution in [2.45, 2.75) is 38.8 Å². The largest absolute Gasteiger partial charge is 0.489 e. The van der Waals surface area contributed by atoms with Crippen molar-refractivity contribution < 1.29 is 23.5 Å². The molecule has 3 aromatic carbocycles. The van der Waals surface area contributed by atoms with Gasteiger partial charge in [-0.15, -0.1) is 0 Å². The molecule has 2 amide bonds. The minimum absolute atomic E-state index is 0.0424. The van der Waals surface area contributed by atoms with Gasteiger partial charge >= 0.3 is 6.09 Å². The number of nitrogens with zero attached hydrogens (tertiary/aromatic N) is 1. The Hall–Kier alpha value is -4.13. The lowest BCUT2D eigenvalue weighted by molar-refractivity contribution is 0.0531. The Morgan fingerprint density at radius 2 is 1.68 bits per heavy atom. The molecule has 4 rings (SSSR count). The van der Waals surface area contributed by atoms with Crippen LogP contribution >= 0.6 is 0 Å². The van der Waals surface area contributed by atoms with Crippen molar-refractivity contribution in [3.05, 3.63) is 113 Å². The molecule has 0 bridgehead atoms. The van der Waals surface area contributed by atoms with Crippen LogP contribution in [0.2, 0.25) is 0 Å². The number of halogens is 1. The van der Waals surface area contributed by atoms with Crippen LogP contribution in [0, 0.1) is 0 Å². The van der Waals surface area contributed by atoms with E-state index in [0.29, 0.717) is 24.2 Å². The predicted molar refractivity (Wildman–Crippen MR) is 145 cm³/mol. The van der Waals surface area contributed by atoms with Gasteiger partial charge in [0.2, 0.25) is 0 Å². The molecule has 0 fully saturated rings. The maximum atomic E-state index is 13.6. The van der Waals surface area contributed by atoms with Gasteiger partial charge in [0.1, 0.15) is 18.0 Å². The molecule has 1 atom stereocenters. The van der Waals surface area contributed by atoms with Crippen molar-refractivity contribution in [3.8, 4) is 5.75 Å². The van der Waals surface area contributed by atoms with Crippen LogP contribution in [0.3, 0.4) is 0 Å². The SMILES string of the molecule is CC(C)(C)OC(=O)NC/C(=C/F)COc1ccc(C(=O)N2CCc3ccccc3[C@@H]2c2ccccc2)cc1. The van der Waals surface area contributed by atoms with Crippen molar-refractivity contribution in [2.24, 2.45) is 0 Å². The predicted octanol–water partition coefficient (Wildman–Crippen LogP) is 6.23. The lowest BCUT2D eigenvalue weighted by atomic mass is 9.88. The number of amides is 2. The van der Waals surface area contributed by atoms with E-state index in [9.17, 15) is 14.0 Å². The molecule has 0 aliphatic carbocycles. The lowest BCUT2D eigenvalue weighted by Crippen LogP contribution is -2.40. The fourth-order valence-corrected chi connectivity index (χ4v) is 4.44. The summed E-state index contributed by atoms with van der Waals surface area (Å²) in [6.07, 6.45) is 0.573. The Morgan fingerprint density at radius 3 is 2.37 bits per heavy atom. The smallest absolute Gasteiger partial charge is 0.407 e. The highest BCUT2D eigenvalue weighted by atomic mass is 19.1. The topological polar surface area (TPSA) is 67.9 Å². The van der Waals surface area contributed by atoms with Gasteiger partial charge in [0.15, 0.2) is 0 Å². The Bertz CT molecular complexity index is 1280. The van der Waals surface area contributed by atoms with Crippen LogP contribution < -0.4 is 10.1 Å². The summed E-state index contributed by atoms with van der Waals surface area (Å²) >= 11 is 0. The van der Waals surface area contributed by atoms with Crippen molar-refractivity contribution >= 4 is 12.0 Å². The van der Waals surface area contributed by atoms with Crippen molar-refractivity contribution in [1.82, 2.24) is 10.2 Å². The molecule has 0 saturated heterocycles. The molecule has 1 aliphatic rings. The second-order valence-corrected chi connectivity index (χ2v) is 10.2. The summed E-state index contributed by atoms with van der Waals surface area (Å²) < 4.78 is 24.2. The van der Waals surface area contributed by atoms with E-state index in [2.05, 4.69) is 29.6 Å². The molecule has 0 aromatic heterocycles. The molecular formula is C31H33FN2O4. The Morgan fingerprint density at radius 1 is 1.00 bits per heavy atom. The highest BCUT2D eigenvalue weighted by Crippen LogP contribution is 2.36. The molecule has 6 nitrogen and oxygen atoms in total. The highest BCUT2D eigenvalue weighted by molar-refractivity contribution is 5.95. The van der Waals surface area contributed by atoms with Crippen LogP contribution in [0.5, 0.6) is 5.75 Å². The Balaban J connectivity index is 1.41. The van der Waals surface area contributed by atoms with Crippen LogP contribution in [0.25, 0.3) is 0 Å². The summed E-state index contributed by atoms with van der Waals surface area (Å²) in [5.41, 5.74) is 3.62. The minimum Gasteiger partial charge on any atom is -0.489 e. The number of fused-ring (bicyclic) bond motifs is 1. The Labute approximate surface area is 223 Å². The Kier molecular flexibility index (Phi) is 8.46. The molecule has 0 unspecified atom stereocenters. The summed E-state index contributed by atoms with van der Waals surface area (Å²) in [5, 5.41) is 2.51. The summed E-state index contributed by atoms with van der Waals surface area (Å²) in [6, 6.07) is 25.0. The van der Waals surface area contributed by atoms with Gasteiger partial charge in [0.25, 0.3) is 5.91 Å². The van der Waals surface area contributed by atoms with E-state index in [1.165, 1.54) is 5.56 Å². The molecule has 1 N–H and O–H groups in total. The maximum Gasteiger partial charge on any atom is 0.407 e. The number of carbonyl (C=O) groups excluding carboxylic acids is 2. The highest BCUT2D eigenvalue weighted by Gasteiger charge is 2.32. The summed E-state index contributed by atoms with van der Waals surface area (Å²) in [5.74, 6) is 0.424. The number of nitrogens with one attached hydrogen (secondary N) is 1. The fraction of sp³-hybridized carbons (Fsp3) is 0.290. The van der Waals surface area contributed by atoms with E-state index >= 15 is 0 Å². The molecule has 198 valence electrons. The van der Waals surface area contributed by atoms with Gasteiger partial charge < -0.3 is 19.7 Å². The molecule has 3 aromatic rings. The molecule has 38 heavy (non-hydrogen) atoms. The first-order chi connectivity index (χ1) is 18.2. The minimum atomic E-state index is -0.641.